The summed E-state index contributed by atoms with van der Waals surface area (Å²) in [6, 6.07) is 8.99. The van der Waals surface area contributed by atoms with Crippen LogP contribution in [0.2, 0.25) is 0 Å². The summed E-state index contributed by atoms with van der Waals surface area (Å²) in [5.41, 5.74) is 3.44. The lowest BCUT2D eigenvalue weighted by Crippen LogP contribution is -2.26. The molecule has 6 heteroatoms. The Bertz CT molecular complexity index is 782. The van der Waals surface area contributed by atoms with Crippen LogP contribution in [0, 0.1) is 0 Å². The first-order chi connectivity index (χ1) is 11.0. The maximum absolute atomic E-state index is 11.5. The van der Waals surface area contributed by atoms with E-state index >= 15 is 0 Å². The van der Waals surface area contributed by atoms with Gasteiger partial charge in [0.15, 0.2) is 0 Å². The van der Waals surface area contributed by atoms with Crippen LogP contribution in [0.5, 0.6) is 0 Å². The third kappa shape index (κ3) is 3.94. The van der Waals surface area contributed by atoms with Gasteiger partial charge in [0.05, 0.1) is 5.75 Å². The number of sulfonamides is 1. The molecule has 23 heavy (non-hydrogen) atoms. The molecule has 1 aromatic carbocycles. The van der Waals surface area contributed by atoms with Crippen LogP contribution in [0.25, 0.3) is 10.9 Å². The summed E-state index contributed by atoms with van der Waals surface area (Å²) in [6.45, 7) is 1.19. The highest BCUT2D eigenvalue weighted by Crippen LogP contribution is 2.23. The van der Waals surface area contributed by atoms with Crippen LogP contribution < -0.4 is 4.72 Å². The fourth-order valence-electron chi connectivity index (χ4n) is 3.35. The minimum Gasteiger partial charge on any atom is -0.358 e. The van der Waals surface area contributed by atoms with Gasteiger partial charge in [-0.05, 0) is 69.1 Å². The number of nitrogens with one attached hydrogen (secondary N) is 2. The first-order valence-electron chi connectivity index (χ1n) is 8.19. The maximum Gasteiger partial charge on any atom is 0.211 e. The van der Waals surface area contributed by atoms with Gasteiger partial charge >= 0.3 is 0 Å². The molecule has 0 unspecified atom stereocenters. The minimum atomic E-state index is -3.15. The summed E-state index contributed by atoms with van der Waals surface area (Å²) in [4.78, 5) is 5.93. The predicted octanol–water partition coefficient (Wildman–Crippen LogP) is 1.90. The molecule has 1 atom stereocenters. The van der Waals surface area contributed by atoms with E-state index in [0.29, 0.717) is 12.5 Å². The summed E-state index contributed by atoms with van der Waals surface area (Å²) >= 11 is 0. The van der Waals surface area contributed by atoms with E-state index in [1.54, 1.807) is 0 Å². The van der Waals surface area contributed by atoms with Crippen molar-refractivity contribution in [2.45, 2.75) is 31.7 Å². The molecule has 0 aliphatic carbocycles. The van der Waals surface area contributed by atoms with Gasteiger partial charge in [0.2, 0.25) is 10.0 Å². The second-order valence-corrected chi connectivity index (χ2v) is 8.52. The van der Waals surface area contributed by atoms with Crippen molar-refractivity contribution in [1.82, 2.24) is 14.6 Å². The van der Waals surface area contributed by atoms with Crippen LogP contribution in [0.15, 0.2) is 24.3 Å². The third-order valence-corrected chi connectivity index (χ3v) is 6.20. The van der Waals surface area contributed by atoms with E-state index in [1.165, 1.54) is 37.5 Å². The quantitative estimate of drug-likeness (QED) is 0.847. The number of aryl methyl sites for hydroxylation is 1. The normalized spacial score (nSPS) is 19.7. The monoisotopic (exact) mass is 335 g/mol. The van der Waals surface area contributed by atoms with E-state index in [-0.39, 0.29) is 5.75 Å². The van der Waals surface area contributed by atoms with Gasteiger partial charge in [-0.2, -0.15) is 0 Å². The first kappa shape index (κ1) is 16.5. The number of H-pyrrole nitrogens is 1. The molecule has 3 rings (SSSR count). The van der Waals surface area contributed by atoms with E-state index in [0.717, 1.165) is 17.5 Å². The van der Waals surface area contributed by atoms with Crippen molar-refractivity contribution in [2.24, 2.45) is 0 Å². The number of hydrogen-bond acceptors (Lipinski definition) is 3. The summed E-state index contributed by atoms with van der Waals surface area (Å²) in [7, 11) is 0.499. The van der Waals surface area contributed by atoms with Crippen molar-refractivity contribution in [3.05, 3.63) is 35.5 Å². The zero-order valence-corrected chi connectivity index (χ0v) is 14.6. The van der Waals surface area contributed by atoms with E-state index in [9.17, 15) is 8.42 Å². The van der Waals surface area contributed by atoms with Gasteiger partial charge in [-0.25, -0.2) is 13.1 Å². The van der Waals surface area contributed by atoms with E-state index in [4.69, 9.17) is 0 Å². The number of aromatic nitrogens is 1. The third-order valence-electron chi connectivity index (χ3n) is 4.84. The van der Waals surface area contributed by atoms with Gasteiger partial charge in [-0.3, -0.25) is 0 Å². The van der Waals surface area contributed by atoms with E-state index in [1.807, 2.05) is 6.07 Å². The molecule has 0 radical (unpaired) electrons. The minimum absolute atomic E-state index is 0.124. The molecular weight excluding hydrogens is 310 g/mol. The molecule has 126 valence electrons. The Morgan fingerprint density at radius 3 is 2.87 bits per heavy atom. The number of nitrogens with zero attached hydrogens (tertiary/aromatic N) is 1. The van der Waals surface area contributed by atoms with E-state index in [2.05, 4.69) is 39.9 Å². The van der Waals surface area contributed by atoms with Gasteiger partial charge in [-0.1, -0.05) is 6.07 Å². The topological polar surface area (TPSA) is 65.2 Å². The molecule has 1 aromatic heterocycles. The highest BCUT2D eigenvalue weighted by molar-refractivity contribution is 7.89. The molecule has 0 bridgehead atoms. The zero-order chi connectivity index (χ0) is 16.4. The van der Waals surface area contributed by atoms with Crippen LogP contribution in [0.4, 0.5) is 0 Å². The van der Waals surface area contributed by atoms with Crippen molar-refractivity contribution < 1.29 is 8.42 Å². The Hall–Kier alpha value is -1.37. The van der Waals surface area contributed by atoms with Crippen molar-refractivity contribution in [1.29, 1.82) is 0 Å². The Kier molecular flexibility index (Phi) is 4.75. The Labute approximate surface area is 138 Å². The molecule has 5 nitrogen and oxygen atoms in total. The van der Waals surface area contributed by atoms with Crippen LogP contribution >= 0.6 is 0 Å². The Morgan fingerprint density at radius 1 is 1.35 bits per heavy atom. The molecule has 0 spiro atoms. The van der Waals surface area contributed by atoms with E-state index < -0.39 is 10.0 Å². The molecule has 2 aromatic rings. The number of hydrogen-bond donors (Lipinski definition) is 2. The molecule has 2 heterocycles. The fourth-order valence-corrected chi connectivity index (χ4v) is 4.06. The van der Waals surface area contributed by atoms with Crippen molar-refractivity contribution in [3.63, 3.8) is 0 Å². The molecule has 1 aliphatic rings. The summed E-state index contributed by atoms with van der Waals surface area (Å²) in [6.07, 6.45) is 4.13. The second-order valence-electron chi connectivity index (χ2n) is 6.47. The van der Waals surface area contributed by atoms with Gasteiger partial charge in [-0.15, -0.1) is 0 Å². The molecular formula is C17H25N3O2S. The SMILES string of the molecule is CNS(=O)(=O)CCc1ccc2[nH]c(C[C@H]3CCCN3C)cc2c1. The lowest BCUT2D eigenvalue weighted by Gasteiger charge is -2.18. The fraction of sp³-hybridized carbons (Fsp3) is 0.529. The molecule has 1 saturated heterocycles. The van der Waals surface area contributed by atoms with Gasteiger partial charge in [0, 0.05) is 23.7 Å². The molecule has 0 amide bonds. The van der Waals surface area contributed by atoms with Crippen LogP contribution in [-0.2, 0) is 22.9 Å². The number of likely N-dealkylation sites (tertiary alicyclic amines) is 1. The predicted molar refractivity (Wildman–Crippen MR) is 94.2 cm³/mol. The lowest BCUT2D eigenvalue weighted by molar-refractivity contribution is 0.308. The molecule has 1 aliphatic heterocycles. The van der Waals surface area contributed by atoms with Gasteiger partial charge < -0.3 is 9.88 Å². The zero-order valence-electron chi connectivity index (χ0n) is 13.8. The smallest absolute Gasteiger partial charge is 0.211 e. The summed E-state index contributed by atoms with van der Waals surface area (Å²) in [5.74, 6) is 0.124. The Balaban J connectivity index is 1.73. The summed E-state index contributed by atoms with van der Waals surface area (Å²) < 4.78 is 25.4. The number of benzene rings is 1. The average Bonchev–Trinajstić information content (AvgIpc) is 3.11. The van der Waals surface area contributed by atoms with Crippen molar-refractivity contribution in [2.75, 3.05) is 26.4 Å². The molecule has 2 N–H and O–H groups in total. The number of aromatic amines is 1. The number of rotatable bonds is 6. The molecule has 1 fully saturated rings. The van der Waals surface area contributed by atoms with Crippen LogP contribution in [0.3, 0.4) is 0 Å². The van der Waals surface area contributed by atoms with Crippen molar-refractivity contribution in [3.8, 4) is 0 Å². The average molecular weight is 335 g/mol. The lowest BCUT2D eigenvalue weighted by atomic mass is 10.1. The standard InChI is InChI=1S/C17H25N3O2S/c1-18-23(21,22)9-7-13-5-6-17-14(10-13)11-15(19-17)12-16-4-3-8-20(16)2/h5-6,10-11,16,18-19H,3-4,7-9,12H2,1-2H3/t16-/m1/s1. The number of fused-ring (bicyclic) bond motifs is 1. The summed E-state index contributed by atoms with van der Waals surface area (Å²) in [5, 5.41) is 1.17. The number of likely N-dealkylation sites (N-methyl/N-ethyl adjacent to an activating group) is 1. The maximum atomic E-state index is 11.5. The van der Waals surface area contributed by atoms with Crippen LogP contribution in [-0.4, -0.2) is 50.7 Å². The van der Waals surface area contributed by atoms with Gasteiger partial charge in [0.25, 0.3) is 0 Å². The first-order valence-corrected chi connectivity index (χ1v) is 9.84. The highest BCUT2D eigenvalue weighted by atomic mass is 32.2. The highest BCUT2D eigenvalue weighted by Gasteiger charge is 2.21. The van der Waals surface area contributed by atoms with Crippen molar-refractivity contribution >= 4 is 20.9 Å². The Morgan fingerprint density at radius 2 is 2.17 bits per heavy atom. The second kappa shape index (κ2) is 6.63. The molecule has 0 saturated carbocycles. The largest absolute Gasteiger partial charge is 0.358 e. The van der Waals surface area contributed by atoms with Gasteiger partial charge in [0.1, 0.15) is 0 Å². The van der Waals surface area contributed by atoms with Crippen LogP contribution in [0.1, 0.15) is 24.1 Å².